The number of hydrogen-bond acceptors (Lipinski definition) is 5. The minimum Gasteiger partial charge on any atom is -0.394 e. The van der Waals surface area contributed by atoms with Crippen molar-refractivity contribution < 1.29 is 24.8 Å². The van der Waals surface area contributed by atoms with E-state index in [1.54, 1.807) is 0 Å². The van der Waals surface area contributed by atoms with Gasteiger partial charge >= 0.3 is 0 Å². The molecule has 5 nitrogen and oxygen atoms in total. The molecule has 0 saturated carbocycles. The Hall–Kier alpha value is -0.460. The first-order chi connectivity index (χ1) is 10.7. The van der Waals surface area contributed by atoms with Gasteiger partial charge in [0.15, 0.2) is 0 Å². The molecule has 1 rings (SSSR count). The van der Waals surface area contributed by atoms with E-state index in [4.69, 9.17) is 9.47 Å². The van der Waals surface area contributed by atoms with E-state index in [2.05, 4.69) is 19.1 Å². The molecule has 22 heavy (non-hydrogen) atoms. The fourth-order valence-corrected chi connectivity index (χ4v) is 2.62. The van der Waals surface area contributed by atoms with Gasteiger partial charge in [0.1, 0.15) is 24.4 Å². The Bertz CT molecular complexity index is 295. The zero-order valence-corrected chi connectivity index (χ0v) is 13.7. The summed E-state index contributed by atoms with van der Waals surface area (Å²) in [5.41, 5.74) is 0. The van der Waals surface area contributed by atoms with E-state index in [0.717, 1.165) is 25.7 Å². The van der Waals surface area contributed by atoms with Crippen LogP contribution in [0.15, 0.2) is 12.2 Å². The predicted octanol–water partition coefficient (Wildman–Crippen LogP) is 1.79. The third kappa shape index (κ3) is 7.20. The quantitative estimate of drug-likeness (QED) is 0.378. The molecule has 3 N–H and O–H groups in total. The molecular weight excluding hydrogens is 284 g/mol. The number of allylic oxidation sites excluding steroid dienone is 2. The van der Waals surface area contributed by atoms with Crippen LogP contribution in [0, 0.1) is 0 Å². The summed E-state index contributed by atoms with van der Waals surface area (Å²) < 4.78 is 10.9. The Labute approximate surface area is 133 Å². The molecule has 5 heteroatoms. The van der Waals surface area contributed by atoms with Gasteiger partial charge < -0.3 is 24.8 Å². The number of aliphatic hydroxyl groups excluding tert-OH is 3. The molecule has 1 heterocycles. The van der Waals surface area contributed by atoms with Crippen LogP contribution in [-0.2, 0) is 9.47 Å². The molecule has 0 aliphatic carbocycles. The molecule has 4 atom stereocenters. The van der Waals surface area contributed by atoms with Gasteiger partial charge in [-0.2, -0.15) is 0 Å². The van der Waals surface area contributed by atoms with Crippen molar-refractivity contribution in [1.82, 2.24) is 0 Å². The predicted molar refractivity (Wildman–Crippen MR) is 85.7 cm³/mol. The van der Waals surface area contributed by atoms with Crippen LogP contribution in [0.4, 0.5) is 0 Å². The highest BCUT2D eigenvalue weighted by molar-refractivity contribution is 4.88. The first-order valence-electron chi connectivity index (χ1n) is 8.55. The number of unbranched alkanes of at least 4 members (excludes halogenated alkanes) is 5. The van der Waals surface area contributed by atoms with E-state index in [1.165, 1.54) is 19.3 Å². The maximum Gasteiger partial charge on any atom is 0.114 e. The highest BCUT2D eigenvalue weighted by atomic mass is 16.6. The lowest BCUT2D eigenvalue weighted by atomic mass is 10.1. The molecule has 0 bridgehead atoms. The first kappa shape index (κ1) is 19.6. The third-order valence-electron chi connectivity index (χ3n) is 3.99. The molecule has 1 fully saturated rings. The molecule has 0 unspecified atom stereocenters. The maximum absolute atomic E-state index is 9.75. The number of aliphatic hydroxyl groups is 3. The molecule has 0 spiro atoms. The average Bonchev–Trinajstić information content (AvgIpc) is 2.85. The zero-order chi connectivity index (χ0) is 16.2. The zero-order valence-electron chi connectivity index (χ0n) is 13.7. The first-order valence-corrected chi connectivity index (χ1v) is 8.55. The van der Waals surface area contributed by atoms with Crippen molar-refractivity contribution in [3.63, 3.8) is 0 Å². The SMILES string of the molecule is CC/C=C/CCCCCCCO[C@H](CO)[C@@H]1OC[C@H](O)[C@@H]1O. The molecule has 0 radical (unpaired) electrons. The van der Waals surface area contributed by atoms with Gasteiger partial charge in [0.2, 0.25) is 0 Å². The maximum atomic E-state index is 9.75. The number of hydrogen-bond donors (Lipinski definition) is 3. The molecule has 0 aromatic carbocycles. The third-order valence-corrected chi connectivity index (χ3v) is 3.99. The van der Waals surface area contributed by atoms with Crippen LogP contribution in [0.2, 0.25) is 0 Å². The van der Waals surface area contributed by atoms with E-state index < -0.39 is 24.4 Å². The Morgan fingerprint density at radius 1 is 1.14 bits per heavy atom. The van der Waals surface area contributed by atoms with Crippen molar-refractivity contribution in [2.75, 3.05) is 19.8 Å². The summed E-state index contributed by atoms with van der Waals surface area (Å²) in [5.74, 6) is 0. The molecule has 1 aliphatic heterocycles. The smallest absolute Gasteiger partial charge is 0.114 e. The van der Waals surface area contributed by atoms with Crippen LogP contribution in [0.1, 0.15) is 51.9 Å². The van der Waals surface area contributed by atoms with Gasteiger partial charge in [0.05, 0.1) is 13.2 Å². The normalized spacial score (nSPS) is 26.8. The minimum absolute atomic E-state index is 0.0954. The fourth-order valence-electron chi connectivity index (χ4n) is 2.62. The molecular formula is C17H32O5. The van der Waals surface area contributed by atoms with E-state index >= 15 is 0 Å². The van der Waals surface area contributed by atoms with Crippen molar-refractivity contribution in [2.45, 2.75) is 76.3 Å². The van der Waals surface area contributed by atoms with Gasteiger partial charge in [-0.15, -0.1) is 0 Å². The summed E-state index contributed by atoms with van der Waals surface area (Å²) in [6, 6.07) is 0. The van der Waals surface area contributed by atoms with Crippen molar-refractivity contribution in [1.29, 1.82) is 0 Å². The van der Waals surface area contributed by atoms with E-state index in [1.807, 2.05) is 0 Å². The lowest BCUT2D eigenvalue weighted by Crippen LogP contribution is -2.42. The van der Waals surface area contributed by atoms with Gasteiger partial charge in [-0.1, -0.05) is 38.3 Å². The number of ether oxygens (including phenoxy) is 2. The largest absolute Gasteiger partial charge is 0.394 e. The van der Waals surface area contributed by atoms with Gasteiger partial charge in [-0.25, -0.2) is 0 Å². The van der Waals surface area contributed by atoms with Crippen molar-refractivity contribution in [3.05, 3.63) is 12.2 Å². The van der Waals surface area contributed by atoms with Gasteiger partial charge in [-0.3, -0.25) is 0 Å². The Balaban J connectivity index is 2.02. The number of rotatable bonds is 12. The topological polar surface area (TPSA) is 79.2 Å². The lowest BCUT2D eigenvalue weighted by molar-refractivity contribution is -0.101. The summed E-state index contributed by atoms with van der Waals surface area (Å²) in [7, 11) is 0. The van der Waals surface area contributed by atoms with Crippen molar-refractivity contribution >= 4 is 0 Å². The minimum atomic E-state index is -0.978. The van der Waals surface area contributed by atoms with E-state index in [9.17, 15) is 15.3 Å². The summed E-state index contributed by atoms with van der Waals surface area (Å²) in [6.45, 7) is 2.58. The van der Waals surface area contributed by atoms with E-state index in [0.29, 0.717) is 6.61 Å². The summed E-state index contributed by atoms with van der Waals surface area (Å²) in [5, 5.41) is 28.5. The summed E-state index contributed by atoms with van der Waals surface area (Å²) in [6.07, 6.45) is 9.36. The van der Waals surface area contributed by atoms with Crippen LogP contribution in [0.25, 0.3) is 0 Å². The summed E-state index contributed by atoms with van der Waals surface area (Å²) >= 11 is 0. The standard InChI is InChI=1S/C17H32O5/c1-2-3-4-5-6-7-8-9-10-11-21-15(12-18)17-16(20)14(19)13-22-17/h3-4,14-20H,2,5-13H2,1H3/b4-3+/t14-,15+,16-,17-/m0/s1. The van der Waals surface area contributed by atoms with Crippen molar-refractivity contribution in [3.8, 4) is 0 Å². The Morgan fingerprint density at radius 2 is 1.86 bits per heavy atom. The second-order valence-electron chi connectivity index (χ2n) is 5.88. The summed E-state index contributed by atoms with van der Waals surface area (Å²) in [4.78, 5) is 0. The molecule has 0 aromatic rings. The van der Waals surface area contributed by atoms with Crippen molar-refractivity contribution in [2.24, 2.45) is 0 Å². The fraction of sp³-hybridized carbons (Fsp3) is 0.882. The van der Waals surface area contributed by atoms with E-state index in [-0.39, 0.29) is 13.2 Å². The average molecular weight is 316 g/mol. The van der Waals surface area contributed by atoms with Crippen LogP contribution < -0.4 is 0 Å². The van der Waals surface area contributed by atoms with Crippen LogP contribution in [0.5, 0.6) is 0 Å². The molecule has 1 aliphatic rings. The second-order valence-corrected chi connectivity index (χ2v) is 5.88. The van der Waals surface area contributed by atoms with Crippen LogP contribution in [-0.4, -0.2) is 59.6 Å². The molecule has 1 saturated heterocycles. The van der Waals surface area contributed by atoms with Crippen LogP contribution in [0.3, 0.4) is 0 Å². The Kier molecular flexibility index (Phi) is 10.7. The second kappa shape index (κ2) is 12.0. The Morgan fingerprint density at radius 3 is 2.50 bits per heavy atom. The van der Waals surface area contributed by atoms with Gasteiger partial charge in [0, 0.05) is 6.61 Å². The molecule has 130 valence electrons. The van der Waals surface area contributed by atoms with Crippen LogP contribution >= 0.6 is 0 Å². The monoisotopic (exact) mass is 316 g/mol. The lowest BCUT2D eigenvalue weighted by Gasteiger charge is -2.24. The molecule has 0 aromatic heterocycles. The highest BCUT2D eigenvalue weighted by Crippen LogP contribution is 2.19. The van der Waals surface area contributed by atoms with Gasteiger partial charge in [0.25, 0.3) is 0 Å². The van der Waals surface area contributed by atoms with Gasteiger partial charge in [-0.05, 0) is 25.7 Å². The molecule has 0 amide bonds. The highest BCUT2D eigenvalue weighted by Gasteiger charge is 2.40.